The van der Waals surface area contributed by atoms with Crippen molar-refractivity contribution < 1.29 is 9.84 Å². The van der Waals surface area contributed by atoms with Gasteiger partial charge < -0.3 is 9.84 Å². The predicted molar refractivity (Wildman–Crippen MR) is 77.1 cm³/mol. The Labute approximate surface area is 123 Å². The van der Waals surface area contributed by atoms with Gasteiger partial charge in [-0.05, 0) is 26.0 Å². The summed E-state index contributed by atoms with van der Waals surface area (Å²) in [5.41, 5.74) is 0.690. The number of benzene rings is 1. The number of methoxy groups -OCH3 is 1. The van der Waals surface area contributed by atoms with E-state index in [9.17, 15) is 5.11 Å². The highest BCUT2D eigenvalue weighted by Crippen LogP contribution is 2.30. The predicted octanol–water partition coefficient (Wildman–Crippen LogP) is 2.80. The Morgan fingerprint density at radius 1 is 1.40 bits per heavy atom. The smallest absolute Gasteiger partial charge is 0.138 e. The van der Waals surface area contributed by atoms with Crippen LogP contribution >= 0.6 is 11.6 Å². The van der Waals surface area contributed by atoms with Gasteiger partial charge in [-0.3, -0.25) is 0 Å². The molecule has 0 radical (unpaired) electrons. The van der Waals surface area contributed by atoms with Crippen LogP contribution in [0.5, 0.6) is 5.75 Å². The summed E-state index contributed by atoms with van der Waals surface area (Å²) in [5, 5.41) is 15.1. The SMILES string of the molecule is COc1cc(Cl)ccc1C(O)Cc1ncnn1C(C)C. The molecule has 108 valence electrons. The standard InChI is InChI=1S/C14H18ClN3O2/c1-9(2)18-14(16-8-17-18)7-12(19)11-5-4-10(15)6-13(11)20-3/h4-6,8-9,12,19H,7H2,1-3H3. The minimum absolute atomic E-state index is 0.201. The molecule has 1 aromatic carbocycles. The largest absolute Gasteiger partial charge is 0.496 e. The molecule has 1 heterocycles. The fourth-order valence-electron chi connectivity index (χ4n) is 2.09. The second-order valence-corrected chi connectivity index (χ2v) is 5.26. The Balaban J connectivity index is 2.24. The van der Waals surface area contributed by atoms with Crippen LogP contribution in [-0.2, 0) is 6.42 Å². The molecule has 0 aliphatic carbocycles. The van der Waals surface area contributed by atoms with Gasteiger partial charge >= 0.3 is 0 Å². The Morgan fingerprint density at radius 2 is 2.15 bits per heavy atom. The lowest BCUT2D eigenvalue weighted by molar-refractivity contribution is 0.169. The molecule has 0 bridgehead atoms. The van der Waals surface area contributed by atoms with Crippen LogP contribution in [0.3, 0.4) is 0 Å². The van der Waals surface area contributed by atoms with Gasteiger partial charge in [0.05, 0.1) is 13.2 Å². The number of hydrogen-bond acceptors (Lipinski definition) is 4. The second-order valence-electron chi connectivity index (χ2n) is 4.82. The van der Waals surface area contributed by atoms with E-state index in [-0.39, 0.29) is 6.04 Å². The summed E-state index contributed by atoms with van der Waals surface area (Å²) in [6.45, 7) is 4.04. The molecule has 0 aliphatic rings. The molecule has 0 saturated heterocycles. The van der Waals surface area contributed by atoms with Crippen molar-refractivity contribution in [1.82, 2.24) is 14.8 Å². The van der Waals surface area contributed by atoms with Crippen molar-refractivity contribution in [2.24, 2.45) is 0 Å². The Kier molecular flexibility index (Phi) is 4.62. The van der Waals surface area contributed by atoms with Gasteiger partial charge in [0.2, 0.25) is 0 Å². The van der Waals surface area contributed by atoms with Gasteiger partial charge in [0, 0.05) is 23.0 Å². The molecule has 5 nitrogen and oxygen atoms in total. The average Bonchev–Trinajstić information content (AvgIpc) is 2.86. The summed E-state index contributed by atoms with van der Waals surface area (Å²) in [6.07, 6.45) is 1.15. The van der Waals surface area contributed by atoms with Gasteiger partial charge in [0.1, 0.15) is 17.9 Å². The number of ether oxygens (including phenoxy) is 1. The third-order valence-electron chi connectivity index (χ3n) is 3.07. The first kappa shape index (κ1) is 14.8. The number of rotatable bonds is 5. The van der Waals surface area contributed by atoms with Crippen LogP contribution in [0.1, 0.15) is 37.4 Å². The highest BCUT2D eigenvalue weighted by Gasteiger charge is 2.18. The minimum Gasteiger partial charge on any atom is -0.496 e. The summed E-state index contributed by atoms with van der Waals surface area (Å²) in [6, 6.07) is 5.39. The quantitative estimate of drug-likeness (QED) is 0.921. The van der Waals surface area contributed by atoms with Crippen LogP contribution in [0, 0.1) is 0 Å². The van der Waals surface area contributed by atoms with E-state index in [0.29, 0.717) is 22.8 Å². The summed E-state index contributed by atoms with van der Waals surface area (Å²) >= 11 is 5.92. The monoisotopic (exact) mass is 295 g/mol. The van der Waals surface area contributed by atoms with Crippen LogP contribution in [0.2, 0.25) is 5.02 Å². The summed E-state index contributed by atoms with van der Waals surface area (Å²) in [4.78, 5) is 4.20. The zero-order chi connectivity index (χ0) is 14.7. The van der Waals surface area contributed by atoms with Crippen molar-refractivity contribution in [3.63, 3.8) is 0 Å². The van der Waals surface area contributed by atoms with Gasteiger partial charge in [-0.1, -0.05) is 17.7 Å². The highest BCUT2D eigenvalue weighted by molar-refractivity contribution is 6.30. The van der Waals surface area contributed by atoms with Gasteiger partial charge in [0.25, 0.3) is 0 Å². The fraction of sp³-hybridized carbons (Fsp3) is 0.429. The van der Waals surface area contributed by atoms with E-state index >= 15 is 0 Å². The van der Waals surface area contributed by atoms with Crippen LogP contribution in [0.4, 0.5) is 0 Å². The van der Waals surface area contributed by atoms with Crippen molar-refractivity contribution in [2.45, 2.75) is 32.4 Å². The fourth-order valence-corrected chi connectivity index (χ4v) is 2.26. The lowest BCUT2D eigenvalue weighted by Gasteiger charge is -2.16. The first-order chi connectivity index (χ1) is 9.52. The van der Waals surface area contributed by atoms with E-state index in [1.165, 1.54) is 6.33 Å². The molecule has 0 saturated carbocycles. The lowest BCUT2D eigenvalue weighted by atomic mass is 10.0. The first-order valence-corrected chi connectivity index (χ1v) is 6.80. The van der Waals surface area contributed by atoms with Gasteiger partial charge in [-0.2, -0.15) is 5.10 Å². The zero-order valence-electron chi connectivity index (χ0n) is 11.7. The molecule has 1 atom stereocenters. The molecule has 0 aliphatic heterocycles. The van der Waals surface area contributed by atoms with Crippen molar-refractivity contribution in [3.05, 3.63) is 40.9 Å². The average molecular weight is 296 g/mol. The number of nitrogens with zero attached hydrogens (tertiary/aromatic N) is 3. The van der Waals surface area contributed by atoms with E-state index in [0.717, 1.165) is 5.82 Å². The van der Waals surface area contributed by atoms with E-state index in [1.807, 2.05) is 13.8 Å². The lowest BCUT2D eigenvalue weighted by Crippen LogP contribution is -2.12. The van der Waals surface area contributed by atoms with E-state index in [2.05, 4.69) is 10.1 Å². The summed E-state index contributed by atoms with van der Waals surface area (Å²) in [7, 11) is 1.55. The summed E-state index contributed by atoms with van der Waals surface area (Å²) < 4.78 is 7.05. The van der Waals surface area contributed by atoms with Crippen molar-refractivity contribution >= 4 is 11.6 Å². The maximum Gasteiger partial charge on any atom is 0.138 e. The van der Waals surface area contributed by atoms with Crippen LogP contribution in [0.15, 0.2) is 24.5 Å². The van der Waals surface area contributed by atoms with Gasteiger partial charge in [-0.25, -0.2) is 9.67 Å². The molecular weight excluding hydrogens is 278 g/mol. The normalized spacial score (nSPS) is 12.7. The van der Waals surface area contributed by atoms with Crippen molar-refractivity contribution in [3.8, 4) is 5.75 Å². The molecule has 1 aromatic heterocycles. The van der Waals surface area contributed by atoms with Crippen molar-refractivity contribution in [2.75, 3.05) is 7.11 Å². The maximum absolute atomic E-state index is 10.4. The Hall–Kier alpha value is -1.59. The van der Waals surface area contributed by atoms with Crippen LogP contribution in [0.25, 0.3) is 0 Å². The molecular formula is C14H18ClN3O2. The van der Waals surface area contributed by atoms with E-state index < -0.39 is 6.10 Å². The molecule has 2 aromatic rings. The topological polar surface area (TPSA) is 60.2 Å². The number of aliphatic hydroxyl groups excluding tert-OH is 1. The molecule has 0 amide bonds. The molecule has 1 unspecified atom stereocenters. The molecule has 6 heteroatoms. The van der Waals surface area contributed by atoms with Crippen molar-refractivity contribution in [1.29, 1.82) is 0 Å². The number of aliphatic hydroxyl groups is 1. The van der Waals surface area contributed by atoms with Gasteiger partial charge in [0.15, 0.2) is 0 Å². The Morgan fingerprint density at radius 3 is 2.80 bits per heavy atom. The zero-order valence-corrected chi connectivity index (χ0v) is 12.5. The third kappa shape index (κ3) is 3.11. The molecule has 1 N–H and O–H groups in total. The number of halogens is 1. The van der Waals surface area contributed by atoms with Crippen LogP contribution in [-0.4, -0.2) is 27.0 Å². The van der Waals surface area contributed by atoms with E-state index in [4.69, 9.17) is 16.3 Å². The Bertz CT molecular complexity index is 584. The highest BCUT2D eigenvalue weighted by atomic mass is 35.5. The third-order valence-corrected chi connectivity index (χ3v) is 3.30. The number of aromatic nitrogens is 3. The number of hydrogen-bond donors (Lipinski definition) is 1. The summed E-state index contributed by atoms with van der Waals surface area (Å²) in [5.74, 6) is 1.31. The molecule has 2 rings (SSSR count). The van der Waals surface area contributed by atoms with E-state index in [1.54, 1.807) is 30.0 Å². The molecule has 20 heavy (non-hydrogen) atoms. The maximum atomic E-state index is 10.4. The molecule has 0 spiro atoms. The minimum atomic E-state index is -0.719. The van der Waals surface area contributed by atoms with Crippen LogP contribution < -0.4 is 4.74 Å². The molecule has 0 fully saturated rings. The second kappa shape index (κ2) is 6.24. The van der Waals surface area contributed by atoms with Gasteiger partial charge in [-0.15, -0.1) is 0 Å². The first-order valence-electron chi connectivity index (χ1n) is 6.42.